The maximum absolute atomic E-state index is 11.4. The third-order valence-electron chi connectivity index (χ3n) is 6.77. The van der Waals surface area contributed by atoms with Crippen LogP contribution in [0.5, 0.6) is 5.75 Å². The number of hydrogen-bond donors (Lipinski definition) is 3. The van der Waals surface area contributed by atoms with E-state index in [4.69, 9.17) is 15.0 Å². The Hall–Kier alpha value is -4.48. The fraction of sp³-hybridized carbons (Fsp3) is 0.333. The number of aryl methyl sites for hydroxylation is 3. The number of H-pyrrole nitrogens is 1. The lowest BCUT2D eigenvalue weighted by molar-refractivity contribution is 0.393. The fourth-order valence-electron chi connectivity index (χ4n) is 5.13. The van der Waals surface area contributed by atoms with Gasteiger partial charge in [0.15, 0.2) is 6.17 Å². The number of nitrogens with zero attached hydrogens (tertiary/aromatic N) is 6. The molecule has 1 aliphatic rings. The molecule has 1 atom stereocenters. The standard InChI is InChI=1S/C24H25N9O3/c1-10-19(11(2)36-32-10)15-8-17-14(9-18(15)35-4)20-21(26-17)28-24(25)29-22(20)27-23-13-6-5-7-16(13)30-33(23)12(3)31-34/h8-9,12H,5-7H2,1-4H3,(H4,25,26,27,28,29). The molecule has 36 heavy (non-hydrogen) atoms. The van der Waals surface area contributed by atoms with Gasteiger partial charge in [0, 0.05) is 22.0 Å². The Labute approximate surface area is 205 Å². The van der Waals surface area contributed by atoms with Crippen molar-refractivity contribution < 1.29 is 9.26 Å². The van der Waals surface area contributed by atoms with Crippen molar-refractivity contribution in [1.82, 2.24) is 29.9 Å². The summed E-state index contributed by atoms with van der Waals surface area (Å²) in [6, 6.07) is 3.93. The monoisotopic (exact) mass is 487 g/mol. The van der Waals surface area contributed by atoms with Gasteiger partial charge < -0.3 is 25.3 Å². The fourth-order valence-corrected chi connectivity index (χ4v) is 5.13. The lowest BCUT2D eigenvalue weighted by Gasteiger charge is -2.14. The first-order chi connectivity index (χ1) is 17.4. The lowest BCUT2D eigenvalue weighted by atomic mass is 10.0. The summed E-state index contributed by atoms with van der Waals surface area (Å²) >= 11 is 0. The highest BCUT2D eigenvalue weighted by atomic mass is 16.5. The van der Waals surface area contributed by atoms with E-state index < -0.39 is 6.17 Å². The van der Waals surface area contributed by atoms with E-state index in [1.807, 2.05) is 26.0 Å². The van der Waals surface area contributed by atoms with Crippen molar-refractivity contribution in [3.05, 3.63) is 39.8 Å². The average Bonchev–Trinajstić information content (AvgIpc) is 3.61. The summed E-state index contributed by atoms with van der Waals surface area (Å²) in [4.78, 5) is 23.7. The minimum Gasteiger partial charge on any atom is -0.496 e. The number of methoxy groups -OCH3 is 1. The van der Waals surface area contributed by atoms with Crippen LogP contribution in [0.1, 0.15) is 42.2 Å². The highest BCUT2D eigenvalue weighted by Gasteiger charge is 2.27. The molecule has 12 nitrogen and oxygen atoms in total. The quantitative estimate of drug-likeness (QED) is 0.288. The molecule has 1 unspecified atom stereocenters. The lowest BCUT2D eigenvalue weighted by Crippen LogP contribution is -2.11. The number of nitrogen functional groups attached to an aromatic ring is 1. The molecule has 0 saturated carbocycles. The van der Waals surface area contributed by atoms with Crippen LogP contribution < -0.4 is 15.8 Å². The molecule has 0 spiro atoms. The zero-order valence-electron chi connectivity index (χ0n) is 20.3. The summed E-state index contributed by atoms with van der Waals surface area (Å²) < 4.78 is 12.8. The smallest absolute Gasteiger partial charge is 0.224 e. The highest BCUT2D eigenvalue weighted by molar-refractivity contribution is 6.13. The van der Waals surface area contributed by atoms with Crippen molar-refractivity contribution in [3.63, 3.8) is 0 Å². The van der Waals surface area contributed by atoms with Gasteiger partial charge >= 0.3 is 0 Å². The zero-order valence-corrected chi connectivity index (χ0v) is 20.3. The van der Waals surface area contributed by atoms with E-state index in [0.717, 1.165) is 63.6 Å². The predicted octanol–water partition coefficient (Wildman–Crippen LogP) is 4.69. The number of anilines is 3. The summed E-state index contributed by atoms with van der Waals surface area (Å²) in [5.74, 6) is 2.67. The van der Waals surface area contributed by atoms with Crippen LogP contribution in [-0.4, -0.2) is 37.0 Å². The number of nitrogens with one attached hydrogen (secondary N) is 2. The number of nitrogens with two attached hydrogens (primary N) is 1. The van der Waals surface area contributed by atoms with Gasteiger partial charge in [-0.3, -0.25) is 0 Å². The molecule has 0 bridgehead atoms. The molecular formula is C24H25N9O3. The van der Waals surface area contributed by atoms with E-state index >= 15 is 0 Å². The van der Waals surface area contributed by atoms with Gasteiger partial charge in [-0.15, -0.1) is 4.91 Å². The van der Waals surface area contributed by atoms with Gasteiger partial charge in [-0.1, -0.05) is 5.16 Å². The van der Waals surface area contributed by atoms with Crippen molar-refractivity contribution in [1.29, 1.82) is 0 Å². The first-order valence-corrected chi connectivity index (χ1v) is 11.7. The number of rotatable bonds is 6. The van der Waals surface area contributed by atoms with Crippen LogP contribution in [0, 0.1) is 18.8 Å². The van der Waals surface area contributed by atoms with Gasteiger partial charge in [0.1, 0.15) is 28.8 Å². The maximum Gasteiger partial charge on any atom is 0.224 e. The van der Waals surface area contributed by atoms with Crippen LogP contribution in [-0.2, 0) is 12.8 Å². The molecule has 12 heteroatoms. The van der Waals surface area contributed by atoms with Gasteiger partial charge in [0.05, 0.1) is 29.4 Å². The molecule has 1 aliphatic carbocycles. The summed E-state index contributed by atoms with van der Waals surface area (Å²) in [5.41, 5.74) is 12.0. The van der Waals surface area contributed by atoms with E-state index in [9.17, 15) is 4.91 Å². The van der Waals surface area contributed by atoms with Gasteiger partial charge in [-0.2, -0.15) is 15.1 Å². The molecule has 6 rings (SSSR count). The molecule has 0 amide bonds. The first-order valence-electron chi connectivity index (χ1n) is 11.7. The second-order valence-corrected chi connectivity index (χ2v) is 9.01. The number of aromatic amines is 1. The highest BCUT2D eigenvalue weighted by Crippen LogP contribution is 2.42. The zero-order chi connectivity index (χ0) is 25.1. The first kappa shape index (κ1) is 22.0. The number of hydrogen-bond acceptors (Lipinski definition) is 10. The van der Waals surface area contributed by atoms with E-state index in [1.165, 1.54) is 0 Å². The predicted molar refractivity (Wildman–Crippen MR) is 135 cm³/mol. The van der Waals surface area contributed by atoms with Crippen molar-refractivity contribution in [3.8, 4) is 16.9 Å². The van der Waals surface area contributed by atoms with Crippen molar-refractivity contribution in [2.45, 2.75) is 46.2 Å². The summed E-state index contributed by atoms with van der Waals surface area (Å²) in [5, 5.41) is 16.9. The van der Waals surface area contributed by atoms with Crippen LogP contribution in [0.15, 0.2) is 21.8 Å². The van der Waals surface area contributed by atoms with Crippen molar-refractivity contribution >= 4 is 39.5 Å². The van der Waals surface area contributed by atoms with Crippen LogP contribution in [0.4, 0.5) is 17.6 Å². The Kier molecular flexibility index (Phi) is 4.92. The molecule has 4 aromatic heterocycles. The number of ether oxygens (including phenoxy) is 1. The second-order valence-electron chi connectivity index (χ2n) is 9.01. The maximum atomic E-state index is 11.4. The minimum atomic E-state index is -0.673. The molecule has 4 heterocycles. The minimum absolute atomic E-state index is 0.110. The molecule has 184 valence electrons. The Bertz CT molecular complexity index is 1640. The molecule has 0 radical (unpaired) electrons. The number of nitroso groups, excluding NO2 is 1. The van der Waals surface area contributed by atoms with Gasteiger partial charge in [-0.05, 0) is 57.3 Å². The van der Waals surface area contributed by atoms with E-state index in [0.29, 0.717) is 28.8 Å². The summed E-state index contributed by atoms with van der Waals surface area (Å²) in [7, 11) is 1.63. The van der Waals surface area contributed by atoms with Crippen LogP contribution >= 0.6 is 0 Å². The van der Waals surface area contributed by atoms with Crippen LogP contribution in [0.3, 0.4) is 0 Å². The molecule has 5 aromatic rings. The molecule has 1 aromatic carbocycles. The number of fused-ring (bicyclic) bond motifs is 4. The van der Waals surface area contributed by atoms with Gasteiger partial charge in [0.25, 0.3) is 0 Å². The van der Waals surface area contributed by atoms with Gasteiger partial charge in [0.2, 0.25) is 5.95 Å². The molecular weight excluding hydrogens is 462 g/mol. The van der Waals surface area contributed by atoms with Crippen LogP contribution in [0.25, 0.3) is 33.1 Å². The molecule has 0 fully saturated rings. The second kappa shape index (κ2) is 8.04. The SMILES string of the molecule is COc1cc2c(cc1-c1c(C)noc1C)[nH]c1nc(N)nc(Nc3c4c(nn3C(C)N=O)CCC4)c12. The number of aromatic nitrogens is 6. The van der Waals surface area contributed by atoms with E-state index in [1.54, 1.807) is 18.7 Å². The Morgan fingerprint density at radius 1 is 1.28 bits per heavy atom. The summed E-state index contributed by atoms with van der Waals surface area (Å²) in [6.07, 6.45) is 2.05. The molecule has 0 saturated heterocycles. The third-order valence-corrected chi connectivity index (χ3v) is 6.77. The largest absolute Gasteiger partial charge is 0.496 e. The van der Waals surface area contributed by atoms with Crippen molar-refractivity contribution in [2.75, 3.05) is 18.2 Å². The van der Waals surface area contributed by atoms with E-state index in [2.05, 4.69) is 35.7 Å². The molecule has 0 aliphatic heterocycles. The summed E-state index contributed by atoms with van der Waals surface area (Å²) in [6.45, 7) is 5.47. The molecule has 4 N–H and O–H groups in total. The number of benzene rings is 1. The normalized spacial score (nSPS) is 13.9. The Morgan fingerprint density at radius 2 is 2.11 bits per heavy atom. The van der Waals surface area contributed by atoms with Crippen molar-refractivity contribution in [2.24, 2.45) is 5.18 Å². The Morgan fingerprint density at radius 3 is 2.83 bits per heavy atom. The Balaban J connectivity index is 1.57. The van der Waals surface area contributed by atoms with Gasteiger partial charge in [-0.25, -0.2) is 4.68 Å². The topological polar surface area (TPSA) is 162 Å². The average molecular weight is 488 g/mol. The third kappa shape index (κ3) is 3.21. The van der Waals surface area contributed by atoms with Crippen LogP contribution in [0.2, 0.25) is 0 Å². The van der Waals surface area contributed by atoms with E-state index in [-0.39, 0.29) is 5.95 Å².